The molecule has 0 radical (unpaired) electrons. The van der Waals surface area contributed by atoms with Gasteiger partial charge in [0.2, 0.25) is 5.16 Å². The summed E-state index contributed by atoms with van der Waals surface area (Å²) >= 11 is 0. The summed E-state index contributed by atoms with van der Waals surface area (Å²) in [6.07, 6.45) is 1.22. The molecule has 11 nitrogen and oxygen atoms in total. The molecule has 2 heterocycles. The maximum absolute atomic E-state index is 14.0. The summed E-state index contributed by atoms with van der Waals surface area (Å²) in [7, 11) is -8.61. The molecule has 2 aliphatic rings. The van der Waals surface area contributed by atoms with Crippen LogP contribution < -0.4 is 10.0 Å². The monoisotopic (exact) mass is 619 g/mol. The van der Waals surface area contributed by atoms with Gasteiger partial charge in [0.15, 0.2) is 11.6 Å². The van der Waals surface area contributed by atoms with Crippen LogP contribution in [0.5, 0.6) is 0 Å². The molecular formula is C30H29N5O6S2. The number of benzene rings is 3. The summed E-state index contributed by atoms with van der Waals surface area (Å²) in [5, 5.41) is 13.8. The van der Waals surface area contributed by atoms with Crippen molar-refractivity contribution in [2.45, 2.75) is 49.1 Å². The third kappa shape index (κ3) is 4.87. The Labute approximate surface area is 248 Å². The van der Waals surface area contributed by atoms with E-state index in [0.29, 0.717) is 34.5 Å². The number of aromatic amines is 1. The molecule has 0 amide bonds. The van der Waals surface area contributed by atoms with Crippen molar-refractivity contribution in [2.75, 3.05) is 10.0 Å². The summed E-state index contributed by atoms with van der Waals surface area (Å²) in [6, 6.07) is 17.7. The first kappa shape index (κ1) is 28.6. The quantitative estimate of drug-likeness (QED) is 0.221. The number of hydrogen-bond acceptors (Lipinski definition) is 8. The largest absolute Gasteiger partial charge is 0.506 e. The van der Waals surface area contributed by atoms with E-state index in [0.717, 1.165) is 12.5 Å². The highest BCUT2D eigenvalue weighted by atomic mass is 32.2. The lowest BCUT2D eigenvalue weighted by atomic mass is 9.66. The lowest BCUT2D eigenvalue weighted by molar-refractivity contribution is -0.120. The smallest absolute Gasteiger partial charge is 0.295 e. The number of fused-ring (bicyclic) bond motifs is 3. The summed E-state index contributed by atoms with van der Waals surface area (Å²) < 4.78 is 59.1. The van der Waals surface area contributed by atoms with Crippen LogP contribution in [0, 0.1) is 5.92 Å². The van der Waals surface area contributed by atoms with Gasteiger partial charge >= 0.3 is 0 Å². The minimum atomic E-state index is -4.42. The Hall–Kier alpha value is -4.49. The van der Waals surface area contributed by atoms with E-state index >= 15 is 0 Å². The average molecular weight is 620 g/mol. The van der Waals surface area contributed by atoms with Crippen molar-refractivity contribution in [1.29, 1.82) is 0 Å². The number of carbonyl (C=O) groups excluding carboxylic acids is 1. The molecule has 0 spiro atoms. The van der Waals surface area contributed by atoms with Gasteiger partial charge in [-0.3, -0.25) is 9.52 Å². The number of H-pyrrole nitrogens is 1. The molecule has 1 atom stereocenters. The molecule has 13 heteroatoms. The van der Waals surface area contributed by atoms with E-state index in [2.05, 4.69) is 38.3 Å². The number of para-hydroxylation sites is 2. The van der Waals surface area contributed by atoms with Gasteiger partial charge in [0, 0.05) is 5.56 Å². The van der Waals surface area contributed by atoms with E-state index in [4.69, 9.17) is 0 Å². The van der Waals surface area contributed by atoms with Crippen molar-refractivity contribution in [3.63, 3.8) is 0 Å². The maximum atomic E-state index is 14.0. The minimum Gasteiger partial charge on any atom is -0.506 e. The Morgan fingerprint density at radius 3 is 2.51 bits per heavy atom. The third-order valence-electron chi connectivity index (χ3n) is 7.80. The van der Waals surface area contributed by atoms with Gasteiger partial charge in [0.25, 0.3) is 20.0 Å². The number of imidazole rings is 1. The zero-order chi connectivity index (χ0) is 30.7. The predicted octanol–water partition coefficient (Wildman–Crippen LogP) is 5.12. The number of nitrogens with one attached hydrogen (secondary N) is 3. The molecule has 1 aliphatic heterocycles. The first-order chi connectivity index (χ1) is 20.3. The Kier molecular flexibility index (Phi) is 6.69. The number of aliphatic hydroxyl groups is 1. The van der Waals surface area contributed by atoms with E-state index in [-0.39, 0.29) is 38.6 Å². The molecule has 1 aromatic heterocycles. The third-order valence-corrected chi connectivity index (χ3v) is 10.3. The molecule has 0 bridgehead atoms. The summed E-state index contributed by atoms with van der Waals surface area (Å²) in [5.74, 6) is -0.779. The summed E-state index contributed by atoms with van der Waals surface area (Å²) in [4.78, 5) is 20.6. The standard InChI is InChI=1S/C30H29N5O6S2/c1-17(2)14-15-30(3)20-9-5-4-8-19(20)26(36)25(27(30)37)28-31-23-13-12-18(16-24(23)42(38,39)35-28)34-43(40,41)29-32-21-10-6-7-11-22(21)33-29/h4-13,16-17,34,36H,14-15H2,1-3H3,(H,31,35)(H,32,33)/t30-/m1/s1. The first-order valence-corrected chi connectivity index (χ1v) is 16.5. The number of ketones is 1. The van der Waals surface area contributed by atoms with Gasteiger partial charge in [-0.2, -0.15) is 16.8 Å². The van der Waals surface area contributed by atoms with Crippen molar-refractivity contribution in [2.24, 2.45) is 10.3 Å². The fourth-order valence-electron chi connectivity index (χ4n) is 5.45. The molecular weight excluding hydrogens is 590 g/mol. The summed E-state index contributed by atoms with van der Waals surface area (Å²) in [6.45, 7) is 5.91. The second-order valence-corrected chi connectivity index (χ2v) is 14.4. The molecule has 0 saturated heterocycles. The van der Waals surface area contributed by atoms with Gasteiger partial charge in [0.05, 0.1) is 27.8 Å². The molecule has 0 fully saturated rings. The molecule has 4 N–H and O–H groups in total. The number of rotatable bonds is 7. The minimum absolute atomic E-state index is 0.0331. The van der Waals surface area contributed by atoms with Crippen LogP contribution in [-0.4, -0.2) is 43.5 Å². The van der Waals surface area contributed by atoms with Gasteiger partial charge in [-0.15, -0.1) is 4.40 Å². The number of Topliss-reactive ketones (excluding diaryl/α,β-unsaturated/α-hetero) is 1. The Bertz CT molecular complexity index is 2060. The Balaban J connectivity index is 1.36. The number of aromatic nitrogens is 2. The summed E-state index contributed by atoms with van der Waals surface area (Å²) in [5.41, 5.74) is 0.902. The van der Waals surface area contributed by atoms with Gasteiger partial charge < -0.3 is 15.4 Å². The normalized spacial score (nSPS) is 19.5. The zero-order valence-corrected chi connectivity index (χ0v) is 25.2. The molecule has 6 rings (SSSR count). The van der Waals surface area contributed by atoms with Gasteiger partial charge in [-0.05, 0) is 61.6 Å². The SMILES string of the molecule is CC(C)CC[C@@]1(C)C(=O)C(C2=NS(=O)(=O)c3cc(NS(=O)(=O)c4nc5ccccc5[nH]4)ccc3N2)=C(O)c2ccccc21. The van der Waals surface area contributed by atoms with Gasteiger partial charge in [-0.25, -0.2) is 4.98 Å². The number of aliphatic hydroxyl groups excluding tert-OH is 1. The molecule has 43 heavy (non-hydrogen) atoms. The van der Waals surface area contributed by atoms with Crippen LogP contribution in [0.15, 0.2) is 86.8 Å². The highest BCUT2D eigenvalue weighted by Gasteiger charge is 2.46. The molecule has 0 unspecified atom stereocenters. The highest BCUT2D eigenvalue weighted by Crippen LogP contribution is 2.44. The van der Waals surface area contributed by atoms with Crippen molar-refractivity contribution >= 4 is 59.8 Å². The van der Waals surface area contributed by atoms with Gasteiger partial charge in [-0.1, -0.05) is 50.2 Å². The second kappa shape index (κ2) is 10.1. The first-order valence-electron chi connectivity index (χ1n) is 13.6. The molecule has 0 saturated carbocycles. The number of nitrogens with zero attached hydrogens (tertiary/aromatic N) is 2. The number of hydrogen-bond donors (Lipinski definition) is 4. The second-order valence-electron chi connectivity index (χ2n) is 11.3. The van der Waals surface area contributed by atoms with E-state index in [1.807, 2.05) is 0 Å². The fraction of sp³-hybridized carbons (Fsp3) is 0.233. The van der Waals surface area contributed by atoms with E-state index < -0.39 is 31.2 Å². The fourth-order valence-corrected chi connectivity index (χ4v) is 7.59. The van der Waals surface area contributed by atoms with E-state index in [1.165, 1.54) is 12.1 Å². The van der Waals surface area contributed by atoms with E-state index in [1.54, 1.807) is 55.5 Å². The number of sulfonamides is 2. The lowest BCUT2D eigenvalue weighted by Crippen LogP contribution is -2.42. The highest BCUT2D eigenvalue weighted by molar-refractivity contribution is 7.92. The topological polar surface area (TPSA) is 171 Å². The Morgan fingerprint density at radius 1 is 1.05 bits per heavy atom. The zero-order valence-electron chi connectivity index (χ0n) is 23.5. The number of carbonyl (C=O) groups is 1. The average Bonchev–Trinajstić information content (AvgIpc) is 3.41. The van der Waals surface area contributed by atoms with Crippen LogP contribution in [0.3, 0.4) is 0 Å². The predicted molar refractivity (Wildman–Crippen MR) is 164 cm³/mol. The van der Waals surface area contributed by atoms with Crippen molar-refractivity contribution in [3.8, 4) is 0 Å². The van der Waals surface area contributed by atoms with Crippen molar-refractivity contribution in [3.05, 3.63) is 83.4 Å². The molecule has 222 valence electrons. The van der Waals surface area contributed by atoms with Gasteiger partial charge in [0.1, 0.15) is 16.2 Å². The van der Waals surface area contributed by atoms with Crippen LogP contribution in [0.2, 0.25) is 0 Å². The lowest BCUT2D eigenvalue weighted by Gasteiger charge is -2.36. The van der Waals surface area contributed by atoms with Crippen LogP contribution in [0.1, 0.15) is 44.7 Å². The van der Waals surface area contributed by atoms with Crippen LogP contribution in [0.25, 0.3) is 16.8 Å². The van der Waals surface area contributed by atoms with Crippen LogP contribution >= 0.6 is 0 Å². The maximum Gasteiger partial charge on any atom is 0.295 e. The van der Waals surface area contributed by atoms with E-state index in [9.17, 15) is 26.7 Å². The molecule has 3 aromatic carbocycles. The Morgan fingerprint density at radius 2 is 1.77 bits per heavy atom. The van der Waals surface area contributed by atoms with Crippen LogP contribution in [0.4, 0.5) is 11.4 Å². The van der Waals surface area contributed by atoms with Crippen molar-refractivity contribution < 1.29 is 26.7 Å². The number of anilines is 2. The molecule has 4 aromatic rings. The molecule has 1 aliphatic carbocycles. The van der Waals surface area contributed by atoms with Crippen LogP contribution in [-0.2, 0) is 30.3 Å². The number of amidine groups is 1. The van der Waals surface area contributed by atoms with Crippen molar-refractivity contribution in [1.82, 2.24) is 9.97 Å².